The van der Waals surface area contributed by atoms with E-state index in [1.54, 1.807) is 19.9 Å². The van der Waals surface area contributed by atoms with Crippen LogP contribution in [0.25, 0.3) is 11.6 Å². The number of nitrogens with one attached hydrogen (secondary N) is 4. The molecule has 0 radical (unpaired) electrons. The number of hydrogen-bond donors (Lipinski definition) is 4. The number of rotatable bonds is 11. The van der Waals surface area contributed by atoms with Gasteiger partial charge in [0.15, 0.2) is 0 Å². The highest BCUT2D eigenvalue weighted by molar-refractivity contribution is 6.34. The largest absolute Gasteiger partial charge is 0.380 e. The number of Topliss-reactive ketones (excluding diaryl/α,β-unsaturated/α-hetero) is 1. The molecule has 0 saturated carbocycles. The average molecular weight is 485 g/mol. The number of ether oxygens (including phenoxy) is 1. The number of benzene rings is 1. The molecule has 1 aliphatic heterocycles. The maximum absolute atomic E-state index is 13.7. The van der Waals surface area contributed by atoms with Crippen LogP contribution in [0.15, 0.2) is 18.2 Å². The summed E-state index contributed by atoms with van der Waals surface area (Å²) >= 11 is 0. The highest BCUT2D eigenvalue weighted by Crippen LogP contribution is 2.34. The summed E-state index contributed by atoms with van der Waals surface area (Å²) in [4.78, 5) is 50.9. The lowest BCUT2D eigenvalue weighted by atomic mass is 10.0. The van der Waals surface area contributed by atoms with Crippen molar-refractivity contribution >= 4 is 40.8 Å². The van der Waals surface area contributed by atoms with Gasteiger partial charge in [-0.05, 0) is 50.6 Å². The lowest BCUT2D eigenvalue weighted by Gasteiger charge is -2.08. The first-order valence-corrected chi connectivity index (χ1v) is 11.3. The monoisotopic (exact) mass is 484 g/mol. The minimum atomic E-state index is -0.446. The van der Waals surface area contributed by atoms with Gasteiger partial charge in [0.1, 0.15) is 11.6 Å². The van der Waals surface area contributed by atoms with E-state index in [2.05, 4.69) is 20.9 Å². The highest BCUT2D eigenvalue weighted by Gasteiger charge is 2.26. The summed E-state index contributed by atoms with van der Waals surface area (Å²) in [6, 6.07) is 4.08. The van der Waals surface area contributed by atoms with Crippen molar-refractivity contribution in [2.24, 2.45) is 0 Å². The highest BCUT2D eigenvalue weighted by atomic mass is 19.1. The number of ketones is 1. The number of hydrogen-bond acceptors (Lipinski definition) is 5. The van der Waals surface area contributed by atoms with E-state index in [0.29, 0.717) is 52.4 Å². The molecule has 0 unspecified atom stereocenters. The number of aromatic nitrogens is 1. The Kier molecular flexibility index (Phi) is 8.53. The Morgan fingerprint density at radius 3 is 2.54 bits per heavy atom. The summed E-state index contributed by atoms with van der Waals surface area (Å²) in [7, 11) is 0. The fourth-order valence-electron chi connectivity index (χ4n) is 3.74. The first-order valence-electron chi connectivity index (χ1n) is 11.3. The normalized spacial score (nSPS) is 13.5. The van der Waals surface area contributed by atoms with Gasteiger partial charge in [-0.3, -0.25) is 19.2 Å². The molecule has 2 aromatic rings. The lowest BCUT2D eigenvalue weighted by molar-refractivity contribution is -0.122. The van der Waals surface area contributed by atoms with Gasteiger partial charge in [-0.2, -0.15) is 0 Å². The molecule has 0 aliphatic carbocycles. The molecular weight excluding hydrogens is 455 g/mol. The van der Waals surface area contributed by atoms with Gasteiger partial charge >= 0.3 is 0 Å². The maximum atomic E-state index is 13.7. The summed E-state index contributed by atoms with van der Waals surface area (Å²) in [6.45, 7) is 5.99. The molecule has 3 rings (SSSR count). The molecule has 35 heavy (non-hydrogen) atoms. The minimum Gasteiger partial charge on any atom is -0.380 e. The van der Waals surface area contributed by atoms with E-state index in [4.69, 9.17) is 4.74 Å². The summed E-state index contributed by atoms with van der Waals surface area (Å²) in [5.41, 5.74) is 3.60. The number of halogens is 1. The molecule has 4 N–H and O–H groups in total. The molecule has 9 nitrogen and oxygen atoms in total. The van der Waals surface area contributed by atoms with E-state index >= 15 is 0 Å². The van der Waals surface area contributed by atoms with Gasteiger partial charge < -0.3 is 25.7 Å². The third-order valence-electron chi connectivity index (χ3n) is 5.56. The first-order chi connectivity index (χ1) is 16.7. The number of anilines is 1. The SMILES string of the molecule is CC(=O)CCOCCC(=O)NCCNC(=O)c1c(C)[nH]c(/C=C2\C(=O)Nc3ccc(F)cc32)c1C. The zero-order valence-corrected chi connectivity index (χ0v) is 20.0. The Morgan fingerprint density at radius 2 is 1.80 bits per heavy atom. The fourth-order valence-corrected chi connectivity index (χ4v) is 3.74. The van der Waals surface area contributed by atoms with Gasteiger partial charge in [-0.1, -0.05) is 0 Å². The number of aromatic amines is 1. The first kappa shape index (κ1) is 25.8. The Bertz CT molecular complexity index is 1180. The summed E-state index contributed by atoms with van der Waals surface area (Å²) in [6.07, 6.45) is 2.10. The van der Waals surface area contributed by atoms with E-state index in [0.717, 1.165) is 0 Å². The third kappa shape index (κ3) is 6.63. The van der Waals surface area contributed by atoms with E-state index in [1.807, 2.05) is 0 Å². The van der Waals surface area contributed by atoms with Gasteiger partial charge in [0.05, 0.1) is 24.4 Å². The van der Waals surface area contributed by atoms with Gasteiger partial charge in [-0.25, -0.2) is 4.39 Å². The number of fused-ring (bicyclic) bond motifs is 1. The zero-order chi connectivity index (χ0) is 25.5. The summed E-state index contributed by atoms with van der Waals surface area (Å²) in [5, 5.41) is 8.17. The van der Waals surface area contributed by atoms with E-state index in [-0.39, 0.29) is 49.6 Å². The van der Waals surface area contributed by atoms with E-state index < -0.39 is 5.82 Å². The predicted octanol–water partition coefficient (Wildman–Crippen LogP) is 2.50. The Labute approximate surface area is 202 Å². The average Bonchev–Trinajstić information content (AvgIpc) is 3.25. The van der Waals surface area contributed by atoms with Crippen LogP contribution in [-0.4, -0.2) is 54.8 Å². The number of carbonyl (C=O) groups excluding carboxylic acids is 4. The molecule has 1 aromatic heterocycles. The van der Waals surface area contributed by atoms with Crippen LogP contribution in [0.3, 0.4) is 0 Å². The fraction of sp³-hybridized carbons (Fsp3) is 0.360. The second-order valence-electron chi connectivity index (χ2n) is 8.29. The molecule has 1 aliphatic rings. The van der Waals surface area contributed by atoms with Crippen LogP contribution < -0.4 is 16.0 Å². The van der Waals surface area contributed by atoms with Crippen molar-refractivity contribution in [3.8, 4) is 0 Å². The summed E-state index contributed by atoms with van der Waals surface area (Å²) in [5.74, 6) is -1.28. The Hall–Kier alpha value is -3.79. The molecule has 2 heterocycles. The molecule has 0 atom stereocenters. The van der Waals surface area contributed by atoms with Crippen LogP contribution in [0.4, 0.5) is 10.1 Å². The van der Waals surface area contributed by atoms with Crippen molar-refractivity contribution in [3.63, 3.8) is 0 Å². The van der Waals surface area contributed by atoms with Crippen LogP contribution in [-0.2, 0) is 19.1 Å². The van der Waals surface area contributed by atoms with Crippen molar-refractivity contribution in [3.05, 3.63) is 52.1 Å². The van der Waals surface area contributed by atoms with Crippen molar-refractivity contribution in [2.75, 3.05) is 31.6 Å². The third-order valence-corrected chi connectivity index (χ3v) is 5.56. The molecule has 1 aromatic carbocycles. The number of carbonyl (C=O) groups is 4. The van der Waals surface area contributed by atoms with Gasteiger partial charge in [-0.15, -0.1) is 0 Å². The molecular formula is C25H29FN4O5. The second kappa shape index (κ2) is 11.6. The molecule has 3 amide bonds. The predicted molar refractivity (Wildman–Crippen MR) is 129 cm³/mol. The zero-order valence-electron chi connectivity index (χ0n) is 20.0. The van der Waals surface area contributed by atoms with E-state index in [9.17, 15) is 23.6 Å². The minimum absolute atomic E-state index is 0.0339. The van der Waals surface area contributed by atoms with Gasteiger partial charge in [0, 0.05) is 48.6 Å². The number of aryl methyl sites for hydroxylation is 1. The number of H-pyrrole nitrogens is 1. The van der Waals surface area contributed by atoms with Crippen molar-refractivity contribution in [1.82, 2.24) is 15.6 Å². The quantitative estimate of drug-likeness (QED) is 0.288. The standard InChI is InChI=1S/C25H29FN4O5/c1-14(31)6-10-35-11-7-22(32)27-8-9-28-25(34)23-15(2)21(29-16(23)3)13-19-18-12-17(26)4-5-20(18)30-24(19)33/h4-5,12-13,29H,6-11H2,1-3H3,(H,27,32)(H,28,34)(H,30,33)/b19-13-. The van der Waals surface area contributed by atoms with Crippen molar-refractivity contribution in [1.29, 1.82) is 0 Å². The molecule has 0 spiro atoms. The Balaban J connectivity index is 1.54. The van der Waals surface area contributed by atoms with Crippen molar-refractivity contribution in [2.45, 2.75) is 33.6 Å². The van der Waals surface area contributed by atoms with Gasteiger partial charge in [0.2, 0.25) is 5.91 Å². The molecule has 10 heteroatoms. The lowest BCUT2D eigenvalue weighted by Crippen LogP contribution is -2.35. The van der Waals surface area contributed by atoms with Crippen LogP contribution in [0.1, 0.15) is 52.6 Å². The van der Waals surface area contributed by atoms with Crippen LogP contribution >= 0.6 is 0 Å². The Morgan fingerprint density at radius 1 is 1.09 bits per heavy atom. The number of amides is 3. The second-order valence-corrected chi connectivity index (χ2v) is 8.29. The molecule has 186 valence electrons. The van der Waals surface area contributed by atoms with Crippen LogP contribution in [0, 0.1) is 19.7 Å². The topological polar surface area (TPSA) is 129 Å². The summed E-state index contributed by atoms with van der Waals surface area (Å²) < 4.78 is 18.9. The maximum Gasteiger partial charge on any atom is 0.256 e. The smallest absolute Gasteiger partial charge is 0.256 e. The van der Waals surface area contributed by atoms with E-state index in [1.165, 1.54) is 25.1 Å². The molecule has 0 bridgehead atoms. The molecule has 0 saturated heterocycles. The van der Waals surface area contributed by atoms with Crippen LogP contribution in [0.5, 0.6) is 0 Å². The molecule has 0 fully saturated rings. The van der Waals surface area contributed by atoms with Crippen LogP contribution in [0.2, 0.25) is 0 Å². The van der Waals surface area contributed by atoms with Crippen molar-refractivity contribution < 1.29 is 28.3 Å². The van der Waals surface area contributed by atoms with Gasteiger partial charge in [0.25, 0.3) is 11.8 Å².